The minimum Gasteiger partial charge on any atom is -0.488 e. The summed E-state index contributed by atoms with van der Waals surface area (Å²) in [6.45, 7) is 3.95. The van der Waals surface area contributed by atoms with Gasteiger partial charge in [0, 0.05) is 20.6 Å². The first-order chi connectivity index (χ1) is 16.2. The van der Waals surface area contributed by atoms with E-state index in [1.165, 1.54) is 23.5 Å². The summed E-state index contributed by atoms with van der Waals surface area (Å²) >= 11 is 17.2. The minimum atomic E-state index is -0.447. The van der Waals surface area contributed by atoms with E-state index in [1.54, 1.807) is 34.7 Å². The van der Waals surface area contributed by atoms with Crippen LogP contribution in [0.1, 0.15) is 22.3 Å². The van der Waals surface area contributed by atoms with Crippen molar-refractivity contribution < 1.29 is 9.13 Å². The molecule has 4 nitrogen and oxygen atoms in total. The van der Waals surface area contributed by atoms with Gasteiger partial charge >= 0.3 is 0 Å². The van der Waals surface area contributed by atoms with Crippen LogP contribution in [0.4, 0.5) is 4.39 Å². The maximum Gasteiger partial charge on any atom is 0.274 e. The second-order valence-electron chi connectivity index (χ2n) is 7.82. The van der Waals surface area contributed by atoms with Crippen LogP contribution in [-0.4, -0.2) is 9.38 Å². The summed E-state index contributed by atoms with van der Waals surface area (Å²) < 4.78 is 23.0. The van der Waals surface area contributed by atoms with Crippen molar-refractivity contribution in [1.29, 1.82) is 0 Å². The molecule has 0 spiro atoms. The smallest absolute Gasteiger partial charge is 0.274 e. The molecule has 5 aromatic rings. The first kappa shape index (κ1) is 23.3. The Morgan fingerprint density at radius 3 is 2.76 bits per heavy atom. The van der Waals surface area contributed by atoms with Gasteiger partial charge in [0.25, 0.3) is 5.56 Å². The quantitative estimate of drug-likeness (QED) is 0.234. The van der Waals surface area contributed by atoms with Crippen molar-refractivity contribution in [1.82, 2.24) is 9.38 Å². The summed E-state index contributed by atoms with van der Waals surface area (Å²) in [6.07, 6.45) is 1.72. The number of benzene rings is 3. The van der Waals surface area contributed by atoms with Crippen molar-refractivity contribution in [3.63, 3.8) is 0 Å². The van der Waals surface area contributed by atoms with E-state index in [4.69, 9.17) is 27.9 Å². The zero-order valence-electron chi connectivity index (χ0n) is 18.0. The van der Waals surface area contributed by atoms with Crippen molar-refractivity contribution in [3.8, 4) is 5.75 Å². The summed E-state index contributed by atoms with van der Waals surface area (Å²) in [5.74, 6) is 0.00474. The molecule has 5 rings (SSSR count). The molecule has 34 heavy (non-hydrogen) atoms. The second kappa shape index (κ2) is 8.96. The first-order valence-electron chi connectivity index (χ1n) is 10.2. The van der Waals surface area contributed by atoms with Gasteiger partial charge in [-0.1, -0.05) is 40.6 Å². The van der Waals surface area contributed by atoms with Crippen LogP contribution in [-0.2, 0) is 6.61 Å². The number of imidazole rings is 1. The molecule has 0 saturated carbocycles. The molecule has 0 unspecified atom stereocenters. The van der Waals surface area contributed by atoms with Gasteiger partial charge in [-0.3, -0.25) is 4.79 Å². The van der Waals surface area contributed by atoms with Crippen molar-refractivity contribution in [3.05, 3.63) is 99.9 Å². The predicted molar refractivity (Wildman–Crippen MR) is 140 cm³/mol. The fourth-order valence-electron chi connectivity index (χ4n) is 3.70. The Hall–Kier alpha value is -2.45. The van der Waals surface area contributed by atoms with E-state index in [9.17, 15) is 9.18 Å². The van der Waals surface area contributed by atoms with Gasteiger partial charge in [-0.25, -0.2) is 13.8 Å². The van der Waals surface area contributed by atoms with Gasteiger partial charge < -0.3 is 4.74 Å². The maximum atomic E-state index is 14.2. The molecule has 2 heterocycles. The van der Waals surface area contributed by atoms with Crippen LogP contribution in [0.25, 0.3) is 22.1 Å². The van der Waals surface area contributed by atoms with Gasteiger partial charge in [0.15, 0.2) is 4.96 Å². The van der Waals surface area contributed by atoms with E-state index in [0.29, 0.717) is 25.8 Å². The molecule has 2 aromatic heterocycles. The third-order valence-corrected chi connectivity index (χ3v) is 8.20. The zero-order chi connectivity index (χ0) is 24.1. The number of aromatic nitrogens is 2. The SMILES string of the molecule is Cc1cc2c(nc3s/c(=C\c4cc(Cl)ccc4OCc4c(F)cccc4Cl)c(=O)n32)c(Br)c1C. The van der Waals surface area contributed by atoms with Crippen molar-refractivity contribution in [2.45, 2.75) is 20.5 Å². The van der Waals surface area contributed by atoms with Crippen molar-refractivity contribution in [2.75, 3.05) is 0 Å². The summed E-state index contributed by atoms with van der Waals surface area (Å²) in [6, 6.07) is 11.5. The molecule has 0 radical (unpaired) electrons. The standard InChI is InChI=1S/C25H16BrCl2FN2O2S/c1-12-8-19-23(22(26)13(12)2)30-25-31(19)24(32)21(34-25)10-14-9-15(27)6-7-20(14)33-11-16-17(28)4-3-5-18(16)29/h3-10H,11H2,1-2H3/b21-10-. The molecule has 3 aromatic carbocycles. The third-order valence-electron chi connectivity index (χ3n) is 5.67. The topological polar surface area (TPSA) is 43.6 Å². The van der Waals surface area contributed by atoms with Gasteiger partial charge in [-0.15, -0.1) is 0 Å². The average molecular weight is 578 g/mol. The number of hydrogen-bond acceptors (Lipinski definition) is 4. The zero-order valence-corrected chi connectivity index (χ0v) is 21.9. The van der Waals surface area contributed by atoms with Crippen molar-refractivity contribution in [2.24, 2.45) is 0 Å². The second-order valence-corrected chi connectivity index (χ2v) is 10.5. The van der Waals surface area contributed by atoms with E-state index >= 15 is 0 Å². The maximum absolute atomic E-state index is 14.2. The normalized spacial score (nSPS) is 12.2. The Morgan fingerprint density at radius 1 is 1.21 bits per heavy atom. The summed E-state index contributed by atoms with van der Waals surface area (Å²) in [7, 11) is 0. The number of nitrogens with zero attached hydrogens (tertiary/aromatic N) is 2. The van der Waals surface area contributed by atoms with Gasteiger partial charge in [-0.05, 0) is 83.4 Å². The van der Waals surface area contributed by atoms with Crippen molar-refractivity contribution >= 4 is 72.5 Å². The van der Waals surface area contributed by atoms with Gasteiger partial charge in [0.1, 0.15) is 23.7 Å². The predicted octanol–water partition coefficient (Wildman–Crippen LogP) is 6.86. The lowest BCUT2D eigenvalue weighted by Gasteiger charge is -2.11. The first-order valence-corrected chi connectivity index (χ1v) is 12.6. The molecule has 0 atom stereocenters. The average Bonchev–Trinajstić information content (AvgIpc) is 3.29. The van der Waals surface area contributed by atoms with Crippen LogP contribution >= 0.6 is 50.5 Å². The highest BCUT2D eigenvalue weighted by molar-refractivity contribution is 9.10. The highest BCUT2D eigenvalue weighted by Crippen LogP contribution is 2.31. The van der Waals surface area contributed by atoms with Crippen LogP contribution < -0.4 is 14.8 Å². The molecule has 9 heteroatoms. The van der Waals surface area contributed by atoms with Gasteiger partial charge in [0.2, 0.25) is 0 Å². The summed E-state index contributed by atoms with van der Waals surface area (Å²) in [5, 5.41) is 0.765. The third kappa shape index (κ3) is 4.01. The Bertz CT molecular complexity index is 1690. The fourth-order valence-corrected chi connectivity index (χ4v) is 5.68. The Labute approximate surface area is 216 Å². The van der Waals surface area contributed by atoms with Crippen LogP contribution in [0, 0.1) is 19.7 Å². The number of ether oxygens (including phenoxy) is 1. The number of rotatable bonds is 4. The highest BCUT2D eigenvalue weighted by atomic mass is 79.9. The van der Waals surface area contributed by atoms with Gasteiger partial charge in [-0.2, -0.15) is 0 Å². The van der Waals surface area contributed by atoms with Crippen LogP contribution in [0.3, 0.4) is 0 Å². The number of hydrogen-bond donors (Lipinski definition) is 0. The van der Waals surface area contributed by atoms with Gasteiger partial charge in [0.05, 0.1) is 15.1 Å². The van der Waals surface area contributed by atoms with Crippen LogP contribution in [0.5, 0.6) is 5.75 Å². The molecule has 0 fully saturated rings. The number of aryl methyl sites for hydroxylation is 1. The van der Waals surface area contributed by atoms with E-state index < -0.39 is 5.82 Å². The minimum absolute atomic E-state index is 0.0662. The molecule has 0 N–H and O–H groups in total. The number of fused-ring (bicyclic) bond motifs is 3. The Balaban J connectivity index is 1.61. The summed E-state index contributed by atoms with van der Waals surface area (Å²) in [4.78, 5) is 18.6. The molecular weight excluding hydrogens is 562 g/mol. The van der Waals surface area contributed by atoms with E-state index in [-0.39, 0.29) is 22.8 Å². The number of thiazole rings is 1. The Morgan fingerprint density at radius 2 is 2.00 bits per heavy atom. The lowest BCUT2D eigenvalue weighted by atomic mass is 10.1. The van der Waals surface area contributed by atoms with E-state index in [2.05, 4.69) is 20.9 Å². The summed E-state index contributed by atoms with van der Waals surface area (Å²) in [5.41, 5.74) is 4.34. The molecule has 0 aliphatic heterocycles. The van der Waals surface area contributed by atoms with E-state index in [1.807, 2.05) is 19.9 Å². The molecule has 0 amide bonds. The molecule has 0 aliphatic rings. The molecule has 172 valence electrons. The van der Waals surface area contributed by atoms with E-state index in [0.717, 1.165) is 26.6 Å². The monoisotopic (exact) mass is 576 g/mol. The lowest BCUT2D eigenvalue weighted by Crippen LogP contribution is -2.22. The number of halogens is 4. The molecular formula is C25H16BrCl2FN2O2S. The van der Waals surface area contributed by atoms with Crippen LogP contribution in [0.15, 0.2) is 51.7 Å². The van der Waals surface area contributed by atoms with Crippen LogP contribution in [0.2, 0.25) is 10.0 Å². The lowest BCUT2D eigenvalue weighted by molar-refractivity contribution is 0.299. The molecule has 0 bridgehead atoms. The molecule has 0 saturated heterocycles. The fraction of sp³-hybridized carbons (Fsp3) is 0.120. The largest absolute Gasteiger partial charge is 0.488 e. The molecule has 0 aliphatic carbocycles. The highest BCUT2D eigenvalue weighted by Gasteiger charge is 2.16. The Kier molecular flexibility index (Phi) is 6.14.